The molecular weight excluding hydrogens is 254 g/mol. The first-order valence-electron chi connectivity index (χ1n) is 7.34. The fourth-order valence-electron chi connectivity index (χ4n) is 3.61. The molecule has 2 fully saturated rings. The van der Waals surface area contributed by atoms with Crippen molar-refractivity contribution in [2.45, 2.75) is 58.5 Å². The summed E-state index contributed by atoms with van der Waals surface area (Å²) in [6.07, 6.45) is 2.54. The molecule has 2 saturated carbocycles. The van der Waals surface area contributed by atoms with Crippen molar-refractivity contribution in [1.82, 2.24) is 5.32 Å². The van der Waals surface area contributed by atoms with Crippen molar-refractivity contribution in [1.29, 1.82) is 0 Å². The van der Waals surface area contributed by atoms with E-state index in [0.29, 0.717) is 22.9 Å². The Kier molecular flexibility index (Phi) is 3.00. The van der Waals surface area contributed by atoms with E-state index < -0.39 is 0 Å². The monoisotopic (exact) mass is 277 g/mol. The molecule has 0 radical (unpaired) electrons. The minimum Gasteiger partial charge on any atom is -0.310 e. The lowest BCUT2D eigenvalue weighted by atomic mass is 9.76. The van der Waals surface area contributed by atoms with Crippen LogP contribution in [0.3, 0.4) is 0 Å². The average Bonchev–Trinajstić information content (AvgIpc) is 2.66. The molecule has 2 aliphatic rings. The molecule has 19 heavy (non-hydrogen) atoms. The number of halogens is 1. The van der Waals surface area contributed by atoms with Crippen LogP contribution in [0.1, 0.15) is 52.0 Å². The van der Waals surface area contributed by atoms with Crippen LogP contribution in [-0.4, -0.2) is 12.1 Å². The zero-order valence-electron chi connectivity index (χ0n) is 12.3. The Morgan fingerprint density at radius 3 is 2.00 bits per heavy atom. The Bertz CT molecular complexity index is 455. The Hall–Kier alpha value is -0.530. The minimum absolute atomic E-state index is 0.443. The van der Waals surface area contributed by atoms with Gasteiger partial charge in [0.05, 0.1) is 0 Å². The maximum absolute atomic E-state index is 5.93. The Labute approximate surface area is 121 Å². The van der Waals surface area contributed by atoms with E-state index in [-0.39, 0.29) is 0 Å². The summed E-state index contributed by atoms with van der Waals surface area (Å²) < 4.78 is 0. The van der Waals surface area contributed by atoms with Gasteiger partial charge in [0.15, 0.2) is 0 Å². The number of hydrogen-bond acceptors (Lipinski definition) is 1. The highest BCUT2D eigenvalue weighted by atomic mass is 35.5. The van der Waals surface area contributed by atoms with Crippen LogP contribution in [-0.2, 0) is 0 Å². The topological polar surface area (TPSA) is 12.0 Å². The zero-order chi connectivity index (χ0) is 13.8. The molecule has 1 nitrogen and oxygen atoms in total. The summed E-state index contributed by atoms with van der Waals surface area (Å²) in [5.74, 6) is 0.722. The van der Waals surface area contributed by atoms with Gasteiger partial charge in [0.25, 0.3) is 0 Å². The second-order valence-corrected chi connectivity index (χ2v) is 7.90. The van der Waals surface area contributed by atoms with E-state index in [1.165, 1.54) is 18.4 Å². The standard InChI is InChI=1S/C17H24ClN/c1-16(2)15(17(16,3)4)19-14-9-12(10-14)11-5-7-13(18)8-6-11/h5-8,12,14-15,19H,9-10H2,1-4H3. The number of hydrogen-bond donors (Lipinski definition) is 1. The first-order chi connectivity index (χ1) is 8.82. The lowest BCUT2D eigenvalue weighted by Crippen LogP contribution is -2.43. The molecule has 0 aromatic heterocycles. The summed E-state index contributed by atoms with van der Waals surface area (Å²) in [4.78, 5) is 0. The second kappa shape index (κ2) is 4.23. The molecule has 3 rings (SSSR count). The molecule has 0 aliphatic heterocycles. The third kappa shape index (κ3) is 2.11. The first kappa shape index (κ1) is 13.5. The molecule has 0 bridgehead atoms. The van der Waals surface area contributed by atoms with Gasteiger partial charge >= 0.3 is 0 Å². The van der Waals surface area contributed by atoms with Crippen LogP contribution in [0.4, 0.5) is 0 Å². The van der Waals surface area contributed by atoms with Crippen LogP contribution < -0.4 is 5.32 Å². The highest BCUT2D eigenvalue weighted by Crippen LogP contribution is 2.63. The zero-order valence-corrected chi connectivity index (χ0v) is 13.1. The smallest absolute Gasteiger partial charge is 0.0406 e. The third-order valence-corrected chi connectivity index (χ3v) is 6.15. The van der Waals surface area contributed by atoms with Gasteiger partial charge < -0.3 is 5.32 Å². The molecule has 0 spiro atoms. The molecule has 1 aromatic rings. The van der Waals surface area contributed by atoms with Crippen molar-refractivity contribution in [3.05, 3.63) is 34.9 Å². The van der Waals surface area contributed by atoms with Crippen molar-refractivity contribution in [3.8, 4) is 0 Å². The van der Waals surface area contributed by atoms with E-state index >= 15 is 0 Å². The molecule has 0 amide bonds. The minimum atomic E-state index is 0.443. The predicted octanol–water partition coefficient (Wildman–Crippen LogP) is 4.61. The van der Waals surface area contributed by atoms with Crippen molar-refractivity contribution in [3.63, 3.8) is 0 Å². The van der Waals surface area contributed by atoms with E-state index in [1.54, 1.807) is 0 Å². The van der Waals surface area contributed by atoms with Crippen LogP contribution in [0.5, 0.6) is 0 Å². The Morgan fingerprint density at radius 1 is 1.00 bits per heavy atom. The number of nitrogens with one attached hydrogen (secondary N) is 1. The van der Waals surface area contributed by atoms with Gasteiger partial charge in [0, 0.05) is 17.1 Å². The summed E-state index contributed by atoms with van der Waals surface area (Å²) in [7, 11) is 0. The van der Waals surface area contributed by atoms with Gasteiger partial charge in [0.1, 0.15) is 0 Å². The molecule has 1 aromatic carbocycles. The molecule has 2 aliphatic carbocycles. The Balaban J connectivity index is 1.53. The summed E-state index contributed by atoms with van der Waals surface area (Å²) in [6, 6.07) is 9.74. The summed E-state index contributed by atoms with van der Waals surface area (Å²) >= 11 is 5.93. The third-order valence-electron chi connectivity index (χ3n) is 5.90. The Morgan fingerprint density at radius 2 is 1.53 bits per heavy atom. The van der Waals surface area contributed by atoms with Gasteiger partial charge in [-0.15, -0.1) is 0 Å². The lowest BCUT2D eigenvalue weighted by molar-refractivity contribution is 0.275. The van der Waals surface area contributed by atoms with E-state index in [2.05, 4.69) is 45.1 Å². The van der Waals surface area contributed by atoms with Crippen LogP contribution in [0, 0.1) is 10.8 Å². The van der Waals surface area contributed by atoms with E-state index in [4.69, 9.17) is 11.6 Å². The van der Waals surface area contributed by atoms with Crippen LogP contribution in [0.25, 0.3) is 0 Å². The number of rotatable bonds is 3. The van der Waals surface area contributed by atoms with E-state index in [0.717, 1.165) is 10.9 Å². The molecular formula is C17H24ClN. The lowest BCUT2D eigenvalue weighted by Gasteiger charge is -2.37. The van der Waals surface area contributed by atoms with E-state index in [9.17, 15) is 0 Å². The summed E-state index contributed by atoms with van der Waals surface area (Å²) in [5, 5.41) is 4.69. The fourth-order valence-corrected chi connectivity index (χ4v) is 3.74. The maximum atomic E-state index is 5.93. The quantitative estimate of drug-likeness (QED) is 0.851. The van der Waals surface area contributed by atoms with E-state index in [1.807, 2.05) is 12.1 Å². The fraction of sp³-hybridized carbons (Fsp3) is 0.647. The van der Waals surface area contributed by atoms with Crippen molar-refractivity contribution < 1.29 is 0 Å². The summed E-state index contributed by atoms with van der Waals surface area (Å²) in [5.41, 5.74) is 2.33. The highest BCUT2D eigenvalue weighted by molar-refractivity contribution is 6.30. The van der Waals surface area contributed by atoms with Crippen molar-refractivity contribution in [2.75, 3.05) is 0 Å². The maximum Gasteiger partial charge on any atom is 0.0406 e. The van der Waals surface area contributed by atoms with Crippen LogP contribution in [0.15, 0.2) is 24.3 Å². The SMILES string of the molecule is CC1(C)C(NC2CC(c3ccc(Cl)cc3)C2)C1(C)C. The van der Waals surface area contributed by atoms with Gasteiger partial charge in [-0.3, -0.25) is 0 Å². The highest BCUT2D eigenvalue weighted by Gasteiger charge is 2.65. The molecule has 0 unspecified atom stereocenters. The van der Waals surface area contributed by atoms with Gasteiger partial charge in [0.2, 0.25) is 0 Å². The van der Waals surface area contributed by atoms with Crippen molar-refractivity contribution in [2.24, 2.45) is 10.8 Å². The molecule has 1 N–H and O–H groups in total. The molecule has 2 heteroatoms. The van der Waals surface area contributed by atoms with Gasteiger partial charge in [-0.25, -0.2) is 0 Å². The predicted molar refractivity (Wildman–Crippen MR) is 81.7 cm³/mol. The number of benzene rings is 1. The van der Waals surface area contributed by atoms with Gasteiger partial charge in [-0.1, -0.05) is 51.4 Å². The van der Waals surface area contributed by atoms with Crippen LogP contribution >= 0.6 is 11.6 Å². The normalized spacial score (nSPS) is 31.8. The van der Waals surface area contributed by atoms with Gasteiger partial charge in [-0.2, -0.15) is 0 Å². The molecule has 0 saturated heterocycles. The average molecular weight is 278 g/mol. The van der Waals surface area contributed by atoms with Gasteiger partial charge in [-0.05, 0) is 47.3 Å². The first-order valence-corrected chi connectivity index (χ1v) is 7.71. The molecule has 104 valence electrons. The largest absolute Gasteiger partial charge is 0.310 e. The second-order valence-electron chi connectivity index (χ2n) is 7.46. The molecule has 0 atom stereocenters. The summed E-state index contributed by atoms with van der Waals surface area (Å²) in [6.45, 7) is 9.50. The van der Waals surface area contributed by atoms with Crippen LogP contribution in [0.2, 0.25) is 5.02 Å². The van der Waals surface area contributed by atoms with Crippen molar-refractivity contribution >= 4 is 11.6 Å². The molecule has 0 heterocycles.